The van der Waals surface area contributed by atoms with Gasteiger partial charge in [0.2, 0.25) is 0 Å². The number of hydrogen-bond acceptors (Lipinski definition) is 2. The summed E-state index contributed by atoms with van der Waals surface area (Å²) in [4.78, 5) is 0. The maximum absolute atomic E-state index is 4.21. The molecule has 102 valence electrons. The quantitative estimate of drug-likeness (QED) is 0.860. The first kappa shape index (κ1) is 13.8. The molecule has 2 atom stereocenters. The highest BCUT2D eigenvalue weighted by molar-refractivity contribution is 5.18. The lowest BCUT2D eigenvalue weighted by Gasteiger charge is -2.17. The predicted molar refractivity (Wildman–Crippen MR) is 79.1 cm³/mol. The average Bonchev–Trinajstić information content (AvgIpc) is 2.86. The van der Waals surface area contributed by atoms with Crippen LogP contribution in [0.4, 0.5) is 0 Å². The molecule has 1 N–H and O–H groups in total. The van der Waals surface area contributed by atoms with Crippen LogP contribution in [0.1, 0.15) is 43.5 Å². The van der Waals surface area contributed by atoms with Crippen LogP contribution in [0.25, 0.3) is 0 Å². The molecule has 0 saturated carbocycles. The van der Waals surface area contributed by atoms with Crippen molar-refractivity contribution in [3.63, 3.8) is 0 Å². The molecule has 2 unspecified atom stereocenters. The molecule has 1 aromatic heterocycles. The summed E-state index contributed by atoms with van der Waals surface area (Å²) in [5.41, 5.74) is 2.64. The Morgan fingerprint density at radius 3 is 2.53 bits per heavy atom. The molecule has 19 heavy (non-hydrogen) atoms. The van der Waals surface area contributed by atoms with Crippen LogP contribution >= 0.6 is 0 Å². The Bertz CT molecular complexity index is 490. The molecule has 0 spiro atoms. The normalized spacial score (nSPS) is 14.3. The minimum absolute atomic E-state index is 0.343. The number of aryl methyl sites for hydroxylation is 1. The highest BCUT2D eigenvalue weighted by atomic mass is 15.3. The highest BCUT2D eigenvalue weighted by Crippen LogP contribution is 2.18. The van der Waals surface area contributed by atoms with Crippen molar-refractivity contribution < 1.29 is 0 Å². The fraction of sp³-hybridized carbons (Fsp3) is 0.438. The van der Waals surface area contributed by atoms with E-state index in [-0.39, 0.29) is 0 Å². The van der Waals surface area contributed by atoms with Gasteiger partial charge in [-0.05, 0) is 37.4 Å². The zero-order chi connectivity index (χ0) is 13.7. The Labute approximate surface area is 115 Å². The number of rotatable bonds is 6. The molecular weight excluding hydrogens is 234 g/mol. The van der Waals surface area contributed by atoms with Crippen molar-refractivity contribution in [1.82, 2.24) is 15.1 Å². The van der Waals surface area contributed by atoms with Gasteiger partial charge in [-0.15, -0.1) is 0 Å². The van der Waals surface area contributed by atoms with E-state index in [0.717, 1.165) is 13.0 Å². The van der Waals surface area contributed by atoms with E-state index in [1.165, 1.54) is 11.3 Å². The fourth-order valence-electron chi connectivity index (χ4n) is 2.38. The van der Waals surface area contributed by atoms with Crippen molar-refractivity contribution in [2.75, 3.05) is 6.54 Å². The molecule has 0 aliphatic carbocycles. The van der Waals surface area contributed by atoms with E-state index in [2.05, 4.69) is 60.7 Å². The number of hydrogen-bond donors (Lipinski definition) is 1. The molecule has 0 fully saturated rings. The minimum atomic E-state index is 0.343. The SMILES string of the molecule is CC(CCNC(C)c1ccnn1C)c1ccccc1. The van der Waals surface area contributed by atoms with Gasteiger partial charge in [0.05, 0.1) is 5.69 Å². The second-order valence-corrected chi connectivity index (χ2v) is 5.16. The van der Waals surface area contributed by atoms with Gasteiger partial charge < -0.3 is 5.32 Å². The lowest BCUT2D eigenvalue weighted by Crippen LogP contribution is -2.23. The van der Waals surface area contributed by atoms with Gasteiger partial charge in [0.1, 0.15) is 0 Å². The second-order valence-electron chi connectivity index (χ2n) is 5.16. The van der Waals surface area contributed by atoms with Crippen LogP contribution in [0.3, 0.4) is 0 Å². The maximum atomic E-state index is 4.21. The molecule has 3 nitrogen and oxygen atoms in total. The van der Waals surface area contributed by atoms with Crippen molar-refractivity contribution >= 4 is 0 Å². The molecule has 0 bridgehead atoms. The predicted octanol–water partition coefficient (Wildman–Crippen LogP) is 3.26. The molecule has 0 radical (unpaired) electrons. The van der Waals surface area contributed by atoms with E-state index in [1.54, 1.807) is 0 Å². The van der Waals surface area contributed by atoms with Gasteiger partial charge in [-0.3, -0.25) is 4.68 Å². The van der Waals surface area contributed by atoms with Crippen LogP contribution in [-0.2, 0) is 7.05 Å². The Hall–Kier alpha value is -1.61. The van der Waals surface area contributed by atoms with E-state index in [9.17, 15) is 0 Å². The number of nitrogens with zero attached hydrogens (tertiary/aromatic N) is 2. The molecular formula is C16H23N3. The Morgan fingerprint density at radius 1 is 1.16 bits per heavy atom. The molecule has 1 aromatic carbocycles. The van der Waals surface area contributed by atoms with Crippen LogP contribution in [0.15, 0.2) is 42.6 Å². The smallest absolute Gasteiger partial charge is 0.0547 e. The molecule has 0 saturated heterocycles. The topological polar surface area (TPSA) is 29.9 Å². The first-order valence-corrected chi connectivity index (χ1v) is 6.94. The van der Waals surface area contributed by atoms with Crippen molar-refractivity contribution in [1.29, 1.82) is 0 Å². The summed E-state index contributed by atoms with van der Waals surface area (Å²) < 4.78 is 1.93. The third kappa shape index (κ3) is 3.67. The summed E-state index contributed by atoms with van der Waals surface area (Å²) in [6.45, 7) is 5.48. The van der Waals surface area contributed by atoms with Crippen LogP contribution < -0.4 is 5.32 Å². The fourth-order valence-corrected chi connectivity index (χ4v) is 2.38. The summed E-state index contributed by atoms with van der Waals surface area (Å²) >= 11 is 0. The lowest BCUT2D eigenvalue weighted by atomic mass is 9.98. The summed E-state index contributed by atoms with van der Waals surface area (Å²) in [5, 5.41) is 7.77. The largest absolute Gasteiger partial charge is 0.309 e. The first-order valence-electron chi connectivity index (χ1n) is 6.94. The van der Waals surface area contributed by atoms with Crippen LogP contribution in [0.2, 0.25) is 0 Å². The first-order chi connectivity index (χ1) is 9.18. The molecule has 2 aromatic rings. The number of nitrogens with one attached hydrogen (secondary N) is 1. The number of benzene rings is 1. The number of aromatic nitrogens is 2. The molecule has 2 rings (SSSR count). The van der Waals surface area contributed by atoms with E-state index < -0.39 is 0 Å². The third-order valence-corrected chi connectivity index (χ3v) is 3.70. The van der Waals surface area contributed by atoms with E-state index in [0.29, 0.717) is 12.0 Å². The monoisotopic (exact) mass is 257 g/mol. The van der Waals surface area contributed by atoms with Crippen molar-refractivity contribution in [3.05, 3.63) is 53.9 Å². The van der Waals surface area contributed by atoms with E-state index in [4.69, 9.17) is 0 Å². The van der Waals surface area contributed by atoms with Gasteiger partial charge in [0.15, 0.2) is 0 Å². The van der Waals surface area contributed by atoms with Crippen molar-refractivity contribution in [3.8, 4) is 0 Å². The lowest BCUT2D eigenvalue weighted by molar-refractivity contribution is 0.503. The van der Waals surface area contributed by atoms with Gasteiger partial charge in [0, 0.05) is 19.3 Å². The molecule has 0 aliphatic rings. The Balaban J connectivity index is 1.79. The molecule has 3 heteroatoms. The van der Waals surface area contributed by atoms with Crippen molar-refractivity contribution in [2.45, 2.75) is 32.2 Å². The molecule has 0 aliphatic heterocycles. The van der Waals surface area contributed by atoms with Gasteiger partial charge in [-0.2, -0.15) is 5.10 Å². The van der Waals surface area contributed by atoms with Crippen LogP contribution in [0, 0.1) is 0 Å². The summed E-state index contributed by atoms with van der Waals surface area (Å²) in [6, 6.07) is 13.1. The third-order valence-electron chi connectivity index (χ3n) is 3.70. The standard InChI is InChI=1S/C16H23N3/c1-13(15-7-5-4-6-8-15)9-11-17-14(2)16-10-12-18-19(16)3/h4-8,10,12-14,17H,9,11H2,1-3H3. The van der Waals surface area contributed by atoms with Gasteiger partial charge in [0.25, 0.3) is 0 Å². The average molecular weight is 257 g/mol. The second kappa shape index (κ2) is 6.53. The Kier molecular flexibility index (Phi) is 4.74. The van der Waals surface area contributed by atoms with Gasteiger partial charge in [-0.25, -0.2) is 0 Å². The van der Waals surface area contributed by atoms with Gasteiger partial charge >= 0.3 is 0 Å². The Morgan fingerprint density at radius 2 is 1.89 bits per heavy atom. The zero-order valence-electron chi connectivity index (χ0n) is 12.0. The zero-order valence-corrected chi connectivity index (χ0v) is 12.0. The van der Waals surface area contributed by atoms with E-state index in [1.807, 2.05) is 17.9 Å². The summed E-state index contributed by atoms with van der Waals surface area (Å²) in [7, 11) is 1.99. The van der Waals surface area contributed by atoms with Crippen molar-refractivity contribution in [2.24, 2.45) is 7.05 Å². The highest BCUT2D eigenvalue weighted by Gasteiger charge is 2.10. The summed E-state index contributed by atoms with van der Waals surface area (Å²) in [5.74, 6) is 0.590. The minimum Gasteiger partial charge on any atom is -0.309 e. The maximum Gasteiger partial charge on any atom is 0.0547 e. The van der Waals surface area contributed by atoms with Crippen LogP contribution in [0.5, 0.6) is 0 Å². The van der Waals surface area contributed by atoms with Crippen LogP contribution in [-0.4, -0.2) is 16.3 Å². The molecule has 0 amide bonds. The summed E-state index contributed by atoms with van der Waals surface area (Å²) in [6.07, 6.45) is 2.99. The van der Waals surface area contributed by atoms with Gasteiger partial charge in [-0.1, -0.05) is 37.3 Å². The molecule has 1 heterocycles. The van der Waals surface area contributed by atoms with E-state index >= 15 is 0 Å².